The smallest absolute Gasteiger partial charge is 0.137 e. The highest BCUT2D eigenvalue weighted by Gasteiger charge is 2.58. The van der Waals surface area contributed by atoms with Gasteiger partial charge in [-0.05, 0) is 53.9 Å². The number of Topliss-reactive ketones (excluding diaryl/α,β-unsaturated/α-hetero) is 1. The summed E-state index contributed by atoms with van der Waals surface area (Å²) >= 11 is 0. The number of carbonyl (C=O) groups excluding carboxylic acids is 1. The highest BCUT2D eigenvalue weighted by molar-refractivity contribution is 5.85. The molecule has 3 nitrogen and oxygen atoms in total. The molecule has 0 spiro atoms. The fourth-order valence-electron chi connectivity index (χ4n) is 6.51. The van der Waals surface area contributed by atoms with Crippen molar-refractivity contribution in [2.24, 2.45) is 35.0 Å². The first kappa shape index (κ1) is 23.5. The average molecular weight is 415 g/mol. The van der Waals surface area contributed by atoms with Crippen LogP contribution >= 0.6 is 0 Å². The molecule has 1 N–H and O–H groups in total. The van der Waals surface area contributed by atoms with Crippen molar-refractivity contribution < 1.29 is 14.6 Å². The van der Waals surface area contributed by atoms with Crippen molar-refractivity contribution in [3.05, 3.63) is 35.9 Å². The molecular weight excluding hydrogens is 372 g/mol. The molecule has 2 aliphatic carbocycles. The molecule has 1 aromatic rings. The van der Waals surface area contributed by atoms with Crippen LogP contribution in [0.2, 0.25) is 0 Å². The normalized spacial score (nSPS) is 32.4. The van der Waals surface area contributed by atoms with Crippen molar-refractivity contribution in [1.29, 1.82) is 0 Å². The maximum absolute atomic E-state index is 13.3. The zero-order chi connectivity index (χ0) is 21.7. The second-order valence-electron chi connectivity index (χ2n) is 10.6. The van der Waals surface area contributed by atoms with Crippen LogP contribution < -0.4 is 0 Å². The number of aliphatic hydroxyl groups is 1. The largest absolute Gasteiger partial charge is 0.396 e. The molecule has 0 aromatic heterocycles. The first-order valence-corrected chi connectivity index (χ1v) is 12.2. The number of fused-ring (bicyclic) bond motifs is 1. The van der Waals surface area contributed by atoms with Gasteiger partial charge in [0.15, 0.2) is 0 Å². The lowest BCUT2D eigenvalue weighted by Crippen LogP contribution is -2.47. The second-order valence-corrected chi connectivity index (χ2v) is 10.6. The fourth-order valence-corrected chi connectivity index (χ4v) is 6.51. The van der Waals surface area contributed by atoms with Gasteiger partial charge in [-0.1, -0.05) is 77.3 Å². The van der Waals surface area contributed by atoms with Crippen LogP contribution in [0, 0.1) is 35.0 Å². The number of rotatable bonds is 10. The summed E-state index contributed by atoms with van der Waals surface area (Å²) in [6.45, 7) is 10.0. The summed E-state index contributed by atoms with van der Waals surface area (Å²) in [4.78, 5) is 13.3. The van der Waals surface area contributed by atoms with E-state index in [1.165, 1.54) is 24.8 Å². The van der Waals surface area contributed by atoms with E-state index in [4.69, 9.17) is 4.74 Å². The molecule has 0 bridgehead atoms. The molecule has 6 atom stereocenters. The minimum atomic E-state index is 0.0386. The Bertz CT molecular complexity index is 670. The Labute approximate surface area is 183 Å². The molecule has 0 heterocycles. The van der Waals surface area contributed by atoms with E-state index in [0.29, 0.717) is 30.6 Å². The summed E-state index contributed by atoms with van der Waals surface area (Å²) < 4.78 is 6.36. The minimum Gasteiger partial charge on any atom is -0.396 e. The van der Waals surface area contributed by atoms with E-state index < -0.39 is 0 Å². The van der Waals surface area contributed by atoms with Gasteiger partial charge in [-0.2, -0.15) is 0 Å². The molecule has 1 aromatic carbocycles. The number of benzene rings is 1. The molecule has 2 fully saturated rings. The van der Waals surface area contributed by atoms with E-state index in [9.17, 15) is 9.90 Å². The second kappa shape index (κ2) is 10.4. The average Bonchev–Trinajstić information content (AvgIpc) is 2.99. The monoisotopic (exact) mass is 414 g/mol. The number of hydrogen-bond donors (Lipinski definition) is 1. The highest BCUT2D eigenvalue weighted by Crippen LogP contribution is 2.59. The van der Waals surface area contributed by atoms with Gasteiger partial charge in [0.2, 0.25) is 0 Å². The first-order chi connectivity index (χ1) is 14.4. The van der Waals surface area contributed by atoms with Gasteiger partial charge in [0, 0.05) is 18.9 Å². The van der Waals surface area contributed by atoms with Crippen LogP contribution in [0.3, 0.4) is 0 Å². The number of hydrogen-bond acceptors (Lipinski definition) is 3. The number of carbonyl (C=O) groups is 1. The molecule has 0 aliphatic heterocycles. The Hall–Kier alpha value is -1.19. The molecule has 2 aliphatic rings. The lowest BCUT2D eigenvalue weighted by molar-refractivity contribution is -0.136. The van der Waals surface area contributed by atoms with Crippen LogP contribution in [0.5, 0.6) is 0 Å². The predicted octanol–water partition coefficient (Wildman–Crippen LogP) is 6.04. The van der Waals surface area contributed by atoms with Gasteiger partial charge < -0.3 is 9.84 Å². The van der Waals surface area contributed by atoms with Crippen LogP contribution in [0.25, 0.3) is 0 Å². The standard InChI is InChI=1S/C27H42O3/c1-19(2)9-8-10-20(3)23-17-24(29)26-22(14-16-28)25(13-15-27(23,26)4)30-18-21-11-6-5-7-12-21/h5-7,11-12,19-20,22-23,25-26,28H,8-10,13-18H2,1-4H3/t20-,22-,23-,25-,26+,27-/m1/s1. The molecular formula is C27H42O3. The van der Waals surface area contributed by atoms with Crippen molar-refractivity contribution in [2.75, 3.05) is 6.61 Å². The van der Waals surface area contributed by atoms with E-state index in [2.05, 4.69) is 39.8 Å². The summed E-state index contributed by atoms with van der Waals surface area (Å²) in [6, 6.07) is 10.3. The lowest BCUT2D eigenvalue weighted by Gasteiger charge is -2.48. The Morgan fingerprint density at radius 1 is 1.17 bits per heavy atom. The summed E-state index contributed by atoms with van der Waals surface area (Å²) in [5, 5.41) is 9.79. The van der Waals surface area contributed by atoms with Crippen molar-refractivity contribution in [3.63, 3.8) is 0 Å². The van der Waals surface area contributed by atoms with Crippen LogP contribution in [-0.4, -0.2) is 23.6 Å². The maximum atomic E-state index is 13.3. The van der Waals surface area contributed by atoms with Crippen LogP contribution in [0.1, 0.15) is 78.2 Å². The van der Waals surface area contributed by atoms with Crippen molar-refractivity contribution in [1.82, 2.24) is 0 Å². The Kier molecular flexibility index (Phi) is 8.15. The Balaban J connectivity index is 1.70. The van der Waals surface area contributed by atoms with E-state index in [1.807, 2.05) is 18.2 Å². The van der Waals surface area contributed by atoms with Crippen LogP contribution in [-0.2, 0) is 16.1 Å². The van der Waals surface area contributed by atoms with Gasteiger partial charge in [-0.3, -0.25) is 4.79 Å². The molecule has 0 saturated heterocycles. The molecule has 2 saturated carbocycles. The lowest BCUT2D eigenvalue weighted by atomic mass is 9.57. The van der Waals surface area contributed by atoms with Crippen molar-refractivity contribution >= 4 is 5.78 Å². The summed E-state index contributed by atoms with van der Waals surface area (Å²) in [6.07, 6.45) is 7.25. The summed E-state index contributed by atoms with van der Waals surface area (Å²) in [7, 11) is 0. The van der Waals surface area contributed by atoms with E-state index >= 15 is 0 Å². The summed E-state index contributed by atoms with van der Waals surface area (Å²) in [5.74, 6) is 2.40. The molecule has 30 heavy (non-hydrogen) atoms. The van der Waals surface area contributed by atoms with Gasteiger partial charge in [-0.25, -0.2) is 0 Å². The number of ether oxygens (including phenoxy) is 1. The van der Waals surface area contributed by atoms with Gasteiger partial charge >= 0.3 is 0 Å². The molecule has 3 heteroatoms. The zero-order valence-corrected chi connectivity index (χ0v) is 19.5. The van der Waals surface area contributed by atoms with Crippen LogP contribution in [0.4, 0.5) is 0 Å². The van der Waals surface area contributed by atoms with Crippen LogP contribution in [0.15, 0.2) is 30.3 Å². The maximum Gasteiger partial charge on any atom is 0.137 e. The van der Waals surface area contributed by atoms with Gasteiger partial charge in [0.25, 0.3) is 0 Å². The SMILES string of the molecule is CC(C)CCC[C@@H](C)[C@H]1CC(=O)[C@@H]2[C@H](CCO)[C@H](OCc3ccccc3)CC[C@]12C. The molecule has 0 amide bonds. The topological polar surface area (TPSA) is 46.5 Å². The predicted molar refractivity (Wildman–Crippen MR) is 122 cm³/mol. The molecule has 0 radical (unpaired) electrons. The van der Waals surface area contributed by atoms with Crippen molar-refractivity contribution in [2.45, 2.75) is 85.4 Å². The van der Waals surface area contributed by atoms with Gasteiger partial charge in [0.05, 0.1) is 12.7 Å². The number of aliphatic hydroxyl groups excluding tert-OH is 1. The molecule has 168 valence electrons. The Morgan fingerprint density at radius 2 is 1.90 bits per heavy atom. The molecule has 0 unspecified atom stereocenters. The van der Waals surface area contributed by atoms with E-state index in [-0.39, 0.29) is 30.0 Å². The highest BCUT2D eigenvalue weighted by atomic mass is 16.5. The third kappa shape index (κ3) is 5.16. The summed E-state index contributed by atoms with van der Waals surface area (Å²) in [5.41, 5.74) is 1.23. The molecule has 3 rings (SSSR count). The number of ketones is 1. The zero-order valence-electron chi connectivity index (χ0n) is 19.5. The van der Waals surface area contributed by atoms with Gasteiger partial charge in [0.1, 0.15) is 5.78 Å². The minimum absolute atomic E-state index is 0.0386. The quantitative estimate of drug-likeness (QED) is 0.508. The van der Waals surface area contributed by atoms with E-state index in [0.717, 1.165) is 25.2 Å². The third-order valence-corrected chi connectivity index (χ3v) is 8.10. The third-order valence-electron chi connectivity index (χ3n) is 8.10. The first-order valence-electron chi connectivity index (χ1n) is 12.2. The fraction of sp³-hybridized carbons (Fsp3) is 0.741. The van der Waals surface area contributed by atoms with Gasteiger partial charge in [-0.15, -0.1) is 0 Å². The van der Waals surface area contributed by atoms with Crippen molar-refractivity contribution in [3.8, 4) is 0 Å². The van der Waals surface area contributed by atoms with E-state index in [1.54, 1.807) is 0 Å². The Morgan fingerprint density at radius 3 is 2.57 bits per heavy atom.